The molecule has 1 aromatic rings. The number of aliphatic carboxylic acids is 1. The molecule has 1 aliphatic rings. The van der Waals surface area contributed by atoms with Crippen LogP contribution >= 0.6 is 0 Å². The normalized spacial score (nSPS) is 21.0. The molecule has 1 saturated heterocycles. The van der Waals surface area contributed by atoms with E-state index in [0.717, 1.165) is 12.1 Å². The second-order valence-electron chi connectivity index (χ2n) is 5.68. The van der Waals surface area contributed by atoms with Crippen LogP contribution in [0.5, 0.6) is 5.75 Å². The van der Waals surface area contributed by atoms with Crippen molar-refractivity contribution in [1.82, 2.24) is 4.90 Å². The maximum Gasteiger partial charge on any atom is 0.321 e. The monoisotopic (exact) mass is 328 g/mol. The number of amides is 2. The second-order valence-corrected chi connectivity index (χ2v) is 5.68. The first kappa shape index (κ1) is 17.0. The molecule has 0 aliphatic carbocycles. The maximum atomic E-state index is 13.9. The number of benzene rings is 1. The van der Waals surface area contributed by atoms with Crippen LogP contribution in [0, 0.1) is 23.5 Å². The summed E-state index contributed by atoms with van der Waals surface area (Å²) < 4.78 is 32.1. The zero-order chi connectivity index (χ0) is 17.1. The average Bonchev–Trinajstić information content (AvgIpc) is 2.49. The van der Waals surface area contributed by atoms with Gasteiger partial charge in [-0.25, -0.2) is 13.6 Å². The van der Waals surface area contributed by atoms with Gasteiger partial charge in [0.2, 0.25) is 0 Å². The summed E-state index contributed by atoms with van der Waals surface area (Å²) in [7, 11) is 1.21. The Hall–Kier alpha value is -2.38. The molecule has 23 heavy (non-hydrogen) atoms. The number of urea groups is 1. The van der Waals surface area contributed by atoms with Crippen LogP contribution in [0.1, 0.15) is 13.3 Å². The number of nitrogens with one attached hydrogen (secondary N) is 1. The lowest BCUT2D eigenvalue weighted by Crippen LogP contribution is -2.47. The van der Waals surface area contributed by atoms with E-state index in [0.29, 0.717) is 13.0 Å². The van der Waals surface area contributed by atoms with Gasteiger partial charge in [0.15, 0.2) is 17.4 Å². The SMILES string of the molecule is COc1cc(F)c(NC(=O)N2CC(C)CC(C(=O)O)C2)cc1F. The van der Waals surface area contributed by atoms with Gasteiger partial charge in [0, 0.05) is 25.2 Å². The molecule has 0 radical (unpaired) electrons. The predicted molar refractivity (Wildman–Crippen MR) is 78.4 cm³/mol. The minimum Gasteiger partial charge on any atom is -0.494 e. The molecule has 0 bridgehead atoms. The molecule has 2 amide bonds. The fourth-order valence-electron chi connectivity index (χ4n) is 2.67. The Bertz CT molecular complexity index is 624. The summed E-state index contributed by atoms with van der Waals surface area (Å²) in [6, 6.07) is 1.00. The molecule has 8 heteroatoms. The van der Waals surface area contributed by atoms with Crippen molar-refractivity contribution >= 4 is 17.7 Å². The van der Waals surface area contributed by atoms with Gasteiger partial charge in [-0.05, 0) is 12.3 Å². The first-order valence-corrected chi connectivity index (χ1v) is 7.13. The van der Waals surface area contributed by atoms with Gasteiger partial charge in [0.05, 0.1) is 18.7 Å². The summed E-state index contributed by atoms with van der Waals surface area (Å²) in [6.45, 7) is 2.23. The number of piperidine rings is 1. The highest BCUT2D eigenvalue weighted by Gasteiger charge is 2.32. The highest BCUT2D eigenvalue weighted by Crippen LogP contribution is 2.26. The lowest BCUT2D eigenvalue weighted by atomic mass is 9.91. The lowest BCUT2D eigenvalue weighted by molar-refractivity contribution is -0.143. The molecule has 1 aromatic carbocycles. The third kappa shape index (κ3) is 3.88. The van der Waals surface area contributed by atoms with Crippen LogP contribution in [0.2, 0.25) is 0 Å². The molecule has 0 aromatic heterocycles. The number of methoxy groups -OCH3 is 1. The molecule has 0 saturated carbocycles. The van der Waals surface area contributed by atoms with Crippen LogP contribution in [-0.4, -0.2) is 42.2 Å². The highest BCUT2D eigenvalue weighted by atomic mass is 19.1. The van der Waals surface area contributed by atoms with Gasteiger partial charge in [-0.15, -0.1) is 0 Å². The van der Waals surface area contributed by atoms with Crippen LogP contribution in [0.25, 0.3) is 0 Å². The predicted octanol–water partition coefficient (Wildman–Crippen LogP) is 2.55. The number of halogens is 2. The number of anilines is 1. The number of carbonyl (C=O) groups excluding carboxylic acids is 1. The van der Waals surface area contributed by atoms with Crippen molar-refractivity contribution in [2.24, 2.45) is 11.8 Å². The van der Waals surface area contributed by atoms with Crippen molar-refractivity contribution in [1.29, 1.82) is 0 Å². The number of rotatable bonds is 3. The van der Waals surface area contributed by atoms with Gasteiger partial charge in [-0.1, -0.05) is 6.92 Å². The van der Waals surface area contributed by atoms with E-state index in [-0.39, 0.29) is 23.9 Å². The number of carbonyl (C=O) groups is 2. The number of nitrogens with zero attached hydrogens (tertiary/aromatic N) is 1. The molecule has 6 nitrogen and oxygen atoms in total. The first-order valence-electron chi connectivity index (χ1n) is 7.13. The fraction of sp³-hybridized carbons (Fsp3) is 0.467. The van der Waals surface area contributed by atoms with Gasteiger partial charge in [0.25, 0.3) is 0 Å². The van der Waals surface area contributed by atoms with E-state index in [9.17, 15) is 18.4 Å². The molecule has 2 atom stereocenters. The second kappa shape index (κ2) is 6.80. The number of carboxylic acid groups (broad SMARTS) is 1. The zero-order valence-electron chi connectivity index (χ0n) is 12.8. The standard InChI is InChI=1S/C15H18F2N2O4/c1-8-3-9(14(20)21)7-19(6-8)15(22)18-12-4-11(17)13(23-2)5-10(12)16/h4-5,8-9H,3,6-7H2,1-2H3,(H,18,22)(H,20,21). The van der Waals surface area contributed by atoms with E-state index in [1.165, 1.54) is 12.0 Å². The third-order valence-corrected chi connectivity index (χ3v) is 3.78. The van der Waals surface area contributed by atoms with Gasteiger partial charge in [-0.2, -0.15) is 0 Å². The molecule has 2 N–H and O–H groups in total. The van der Waals surface area contributed by atoms with E-state index in [4.69, 9.17) is 5.11 Å². The Kier molecular flexibility index (Phi) is 5.02. The Morgan fingerprint density at radius 1 is 1.30 bits per heavy atom. The van der Waals surface area contributed by atoms with Gasteiger partial charge >= 0.3 is 12.0 Å². The Balaban J connectivity index is 2.12. The van der Waals surface area contributed by atoms with E-state index >= 15 is 0 Å². The zero-order valence-corrected chi connectivity index (χ0v) is 12.8. The van der Waals surface area contributed by atoms with Crippen molar-refractivity contribution < 1.29 is 28.2 Å². The summed E-state index contributed by atoms with van der Waals surface area (Å²) in [4.78, 5) is 24.6. The molecule has 1 aliphatic heterocycles. The number of hydrogen-bond donors (Lipinski definition) is 2. The molecule has 126 valence electrons. The molecule has 1 heterocycles. The van der Waals surface area contributed by atoms with Crippen LogP contribution in [0.3, 0.4) is 0 Å². The lowest BCUT2D eigenvalue weighted by Gasteiger charge is -2.34. The Morgan fingerprint density at radius 2 is 2.00 bits per heavy atom. The summed E-state index contributed by atoms with van der Waals surface area (Å²) in [6.07, 6.45) is 0.477. The molecule has 1 fully saturated rings. The van der Waals surface area contributed by atoms with Crippen LogP contribution in [-0.2, 0) is 4.79 Å². The van der Waals surface area contributed by atoms with Crippen molar-refractivity contribution in [3.05, 3.63) is 23.8 Å². The minimum absolute atomic E-state index is 0.00745. The number of carboxylic acids is 1. The van der Waals surface area contributed by atoms with Gasteiger partial charge in [-0.3, -0.25) is 4.79 Å². The van der Waals surface area contributed by atoms with E-state index in [2.05, 4.69) is 10.1 Å². The number of hydrogen-bond acceptors (Lipinski definition) is 3. The maximum absolute atomic E-state index is 13.9. The molecule has 0 spiro atoms. The van der Waals surface area contributed by atoms with Crippen molar-refractivity contribution in [2.45, 2.75) is 13.3 Å². The third-order valence-electron chi connectivity index (χ3n) is 3.78. The summed E-state index contributed by atoms with van der Waals surface area (Å²) in [5, 5.41) is 11.4. The Labute approximate surface area is 132 Å². The summed E-state index contributed by atoms with van der Waals surface area (Å²) in [5.41, 5.74) is -0.321. The summed E-state index contributed by atoms with van der Waals surface area (Å²) >= 11 is 0. The summed E-state index contributed by atoms with van der Waals surface area (Å²) in [5.74, 6) is -3.54. The topological polar surface area (TPSA) is 78.9 Å². The molecule has 2 unspecified atom stereocenters. The molecular formula is C15H18F2N2O4. The van der Waals surface area contributed by atoms with Gasteiger partial charge < -0.3 is 20.1 Å². The molecule has 2 rings (SSSR count). The van der Waals surface area contributed by atoms with Crippen LogP contribution < -0.4 is 10.1 Å². The number of likely N-dealkylation sites (tertiary alicyclic amines) is 1. The van der Waals surface area contributed by atoms with Crippen molar-refractivity contribution in [3.63, 3.8) is 0 Å². The largest absolute Gasteiger partial charge is 0.494 e. The van der Waals surface area contributed by atoms with Gasteiger partial charge in [0.1, 0.15) is 0 Å². The van der Waals surface area contributed by atoms with Crippen LogP contribution in [0.4, 0.5) is 19.3 Å². The van der Waals surface area contributed by atoms with E-state index in [1.54, 1.807) is 0 Å². The van der Waals surface area contributed by atoms with Crippen molar-refractivity contribution in [2.75, 3.05) is 25.5 Å². The fourth-order valence-corrected chi connectivity index (χ4v) is 2.67. The van der Waals surface area contributed by atoms with Crippen LogP contribution in [0.15, 0.2) is 12.1 Å². The van der Waals surface area contributed by atoms with Crippen molar-refractivity contribution in [3.8, 4) is 5.75 Å². The minimum atomic E-state index is -0.976. The molecular weight excluding hydrogens is 310 g/mol. The average molecular weight is 328 g/mol. The first-order chi connectivity index (χ1) is 10.8. The van der Waals surface area contributed by atoms with E-state index in [1.807, 2.05) is 6.92 Å². The number of ether oxygens (including phenoxy) is 1. The quantitative estimate of drug-likeness (QED) is 0.894. The highest BCUT2D eigenvalue weighted by molar-refractivity contribution is 5.90. The smallest absolute Gasteiger partial charge is 0.321 e. The Morgan fingerprint density at radius 3 is 2.61 bits per heavy atom. The van der Waals surface area contributed by atoms with E-state index < -0.39 is 29.6 Å².